The van der Waals surface area contributed by atoms with Crippen molar-refractivity contribution in [2.45, 2.75) is 12.8 Å². The first-order chi connectivity index (χ1) is 15.1. The molecular formula is C29H29NO. The van der Waals surface area contributed by atoms with Gasteiger partial charge in [0.05, 0.1) is 0 Å². The molecule has 0 fully saturated rings. The summed E-state index contributed by atoms with van der Waals surface area (Å²) in [5, 5.41) is 0. The average Bonchev–Trinajstić information content (AvgIpc) is 2.84. The van der Waals surface area contributed by atoms with Crippen LogP contribution in [-0.2, 0) is 12.8 Å². The van der Waals surface area contributed by atoms with Gasteiger partial charge in [0.2, 0.25) is 0 Å². The summed E-state index contributed by atoms with van der Waals surface area (Å²) in [4.78, 5) is 14.3. The Kier molecular flexibility index (Phi) is 8.19. The Labute approximate surface area is 185 Å². The van der Waals surface area contributed by atoms with Crippen molar-refractivity contribution in [2.24, 2.45) is 0 Å². The second-order valence-corrected chi connectivity index (χ2v) is 7.58. The van der Waals surface area contributed by atoms with Crippen LogP contribution in [0.1, 0.15) is 27.0 Å². The molecule has 4 rings (SSSR count). The molecule has 0 saturated heterocycles. The first kappa shape index (κ1) is 22.0. The van der Waals surface area contributed by atoms with Crippen LogP contribution in [0.25, 0.3) is 0 Å². The number of hydrogen-bond acceptors (Lipinski definition) is 2. The minimum atomic E-state index is 0.0647. The summed E-state index contributed by atoms with van der Waals surface area (Å²) in [5.74, 6) is 0.0647. The van der Waals surface area contributed by atoms with Crippen LogP contribution < -0.4 is 4.90 Å². The van der Waals surface area contributed by atoms with Crippen molar-refractivity contribution >= 4 is 11.5 Å². The lowest BCUT2D eigenvalue weighted by atomic mass is 10.0. The number of rotatable bonds is 6. The van der Waals surface area contributed by atoms with Crippen molar-refractivity contribution in [1.29, 1.82) is 0 Å². The third-order valence-corrected chi connectivity index (χ3v) is 5.05. The fourth-order valence-corrected chi connectivity index (χ4v) is 3.38. The van der Waals surface area contributed by atoms with E-state index >= 15 is 0 Å². The van der Waals surface area contributed by atoms with Gasteiger partial charge in [-0.2, -0.15) is 0 Å². The first-order valence-electron chi connectivity index (χ1n) is 10.6. The molecule has 0 aliphatic carbocycles. The Bertz CT molecular complexity index is 1020. The van der Waals surface area contributed by atoms with Crippen molar-refractivity contribution in [3.05, 3.63) is 138 Å². The van der Waals surface area contributed by atoms with Crippen LogP contribution in [-0.4, -0.2) is 19.9 Å². The van der Waals surface area contributed by atoms with Gasteiger partial charge in [-0.1, -0.05) is 103 Å². The standard InChI is InChI=1S/C15H15NO.C14H14/c1-16(2)14-11-7-6-10-13(14)15(17)12-8-4-3-5-9-12;1-3-7-13(8-4-1)11-12-14-9-5-2-6-10-14/h3-11H,1-2H3;1-10H,11-12H2. The summed E-state index contributed by atoms with van der Waals surface area (Å²) in [5.41, 5.74) is 5.24. The van der Waals surface area contributed by atoms with Crippen molar-refractivity contribution in [1.82, 2.24) is 0 Å². The minimum Gasteiger partial charge on any atom is -0.377 e. The van der Waals surface area contributed by atoms with E-state index in [1.807, 2.05) is 73.6 Å². The van der Waals surface area contributed by atoms with Crippen molar-refractivity contribution in [3.63, 3.8) is 0 Å². The highest BCUT2D eigenvalue weighted by Gasteiger charge is 2.13. The van der Waals surface area contributed by atoms with Crippen LogP contribution in [0, 0.1) is 0 Å². The van der Waals surface area contributed by atoms with Crippen LogP contribution in [0.2, 0.25) is 0 Å². The van der Waals surface area contributed by atoms with Gasteiger partial charge in [0.15, 0.2) is 5.78 Å². The van der Waals surface area contributed by atoms with Gasteiger partial charge in [-0.05, 0) is 36.1 Å². The summed E-state index contributed by atoms with van der Waals surface area (Å²) in [6.45, 7) is 0. The fourth-order valence-electron chi connectivity index (χ4n) is 3.38. The summed E-state index contributed by atoms with van der Waals surface area (Å²) < 4.78 is 0. The molecule has 0 aliphatic heterocycles. The molecule has 0 bridgehead atoms. The lowest BCUT2D eigenvalue weighted by Crippen LogP contribution is -2.14. The topological polar surface area (TPSA) is 20.3 Å². The number of carbonyl (C=O) groups is 1. The zero-order valence-corrected chi connectivity index (χ0v) is 18.2. The molecule has 2 heteroatoms. The smallest absolute Gasteiger partial charge is 0.195 e. The van der Waals surface area contributed by atoms with Crippen molar-refractivity contribution in [3.8, 4) is 0 Å². The molecule has 0 aromatic heterocycles. The van der Waals surface area contributed by atoms with E-state index in [2.05, 4.69) is 60.7 Å². The van der Waals surface area contributed by atoms with Gasteiger partial charge in [0, 0.05) is 30.9 Å². The molecule has 0 N–H and O–H groups in total. The number of nitrogens with zero attached hydrogens (tertiary/aromatic N) is 1. The van der Waals surface area contributed by atoms with Gasteiger partial charge in [0.25, 0.3) is 0 Å². The molecule has 0 saturated carbocycles. The fraction of sp³-hybridized carbons (Fsp3) is 0.138. The van der Waals surface area contributed by atoms with E-state index in [9.17, 15) is 4.79 Å². The van der Waals surface area contributed by atoms with E-state index in [4.69, 9.17) is 0 Å². The van der Waals surface area contributed by atoms with E-state index in [1.165, 1.54) is 11.1 Å². The lowest BCUT2D eigenvalue weighted by molar-refractivity contribution is 0.103. The largest absolute Gasteiger partial charge is 0.377 e. The molecule has 0 aliphatic rings. The zero-order valence-electron chi connectivity index (χ0n) is 18.2. The molecule has 2 nitrogen and oxygen atoms in total. The van der Waals surface area contributed by atoms with E-state index < -0.39 is 0 Å². The van der Waals surface area contributed by atoms with Crippen molar-refractivity contribution < 1.29 is 4.79 Å². The maximum Gasteiger partial charge on any atom is 0.195 e. The SMILES string of the molecule is CN(C)c1ccccc1C(=O)c1ccccc1.c1ccc(CCc2ccccc2)cc1. The van der Waals surface area contributed by atoms with Gasteiger partial charge >= 0.3 is 0 Å². The Morgan fingerprint density at radius 2 is 1.00 bits per heavy atom. The van der Waals surface area contributed by atoms with E-state index in [0.29, 0.717) is 0 Å². The quantitative estimate of drug-likeness (QED) is 0.342. The lowest BCUT2D eigenvalue weighted by Gasteiger charge is -2.16. The average molecular weight is 408 g/mol. The van der Waals surface area contributed by atoms with Gasteiger partial charge in [0.1, 0.15) is 0 Å². The Morgan fingerprint density at radius 3 is 1.48 bits per heavy atom. The Hall–Kier alpha value is -3.65. The highest BCUT2D eigenvalue weighted by Crippen LogP contribution is 2.21. The third-order valence-electron chi connectivity index (χ3n) is 5.05. The van der Waals surface area contributed by atoms with Crippen LogP contribution >= 0.6 is 0 Å². The molecule has 0 spiro atoms. The number of anilines is 1. The molecule has 0 radical (unpaired) electrons. The summed E-state index contributed by atoms with van der Waals surface area (Å²) in [7, 11) is 3.88. The highest BCUT2D eigenvalue weighted by atomic mass is 16.1. The molecular weight excluding hydrogens is 378 g/mol. The maximum atomic E-state index is 12.3. The van der Waals surface area contributed by atoms with Gasteiger partial charge in [-0.25, -0.2) is 0 Å². The molecule has 4 aromatic rings. The number of benzene rings is 4. The molecule has 0 atom stereocenters. The molecule has 0 amide bonds. The van der Waals surface area contributed by atoms with E-state index in [-0.39, 0.29) is 5.78 Å². The first-order valence-corrected chi connectivity index (χ1v) is 10.6. The van der Waals surface area contributed by atoms with Crippen LogP contribution in [0.4, 0.5) is 5.69 Å². The van der Waals surface area contributed by atoms with Crippen LogP contribution in [0.15, 0.2) is 115 Å². The summed E-state index contributed by atoms with van der Waals surface area (Å²) in [6, 6.07) is 38.3. The minimum absolute atomic E-state index is 0.0647. The number of hydrogen-bond donors (Lipinski definition) is 0. The number of para-hydroxylation sites is 1. The second-order valence-electron chi connectivity index (χ2n) is 7.58. The van der Waals surface area contributed by atoms with Crippen molar-refractivity contribution in [2.75, 3.05) is 19.0 Å². The molecule has 0 heterocycles. The predicted molar refractivity (Wildman–Crippen MR) is 131 cm³/mol. The van der Waals surface area contributed by atoms with Gasteiger partial charge in [-0.3, -0.25) is 4.79 Å². The summed E-state index contributed by atoms with van der Waals surface area (Å²) in [6.07, 6.45) is 2.26. The summed E-state index contributed by atoms with van der Waals surface area (Å²) >= 11 is 0. The zero-order chi connectivity index (χ0) is 21.9. The Morgan fingerprint density at radius 1 is 0.581 bits per heavy atom. The molecule has 4 aromatic carbocycles. The maximum absolute atomic E-state index is 12.3. The normalized spacial score (nSPS) is 10.0. The number of aryl methyl sites for hydroxylation is 2. The van der Waals surface area contributed by atoms with Gasteiger partial charge in [-0.15, -0.1) is 0 Å². The second kappa shape index (κ2) is 11.5. The number of carbonyl (C=O) groups excluding carboxylic acids is 1. The van der Waals surface area contributed by atoms with Crippen LogP contribution in [0.3, 0.4) is 0 Å². The number of ketones is 1. The third kappa shape index (κ3) is 6.68. The highest BCUT2D eigenvalue weighted by molar-refractivity contribution is 6.12. The molecule has 0 unspecified atom stereocenters. The Balaban J connectivity index is 0.000000179. The van der Waals surface area contributed by atoms with E-state index in [0.717, 1.165) is 29.7 Å². The monoisotopic (exact) mass is 407 g/mol. The molecule has 31 heavy (non-hydrogen) atoms. The predicted octanol–water partition coefficient (Wildman–Crippen LogP) is 6.46. The van der Waals surface area contributed by atoms with Gasteiger partial charge < -0.3 is 4.90 Å². The van der Waals surface area contributed by atoms with Crippen LogP contribution in [0.5, 0.6) is 0 Å². The van der Waals surface area contributed by atoms with E-state index in [1.54, 1.807) is 0 Å². The molecule has 156 valence electrons.